The lowest BCUT2D eigenvalue weighted by Crippen LogP contribution is -2.20. The average molecular weight is 429 g/mol. The molecule has 3 aromatic carbocycles. The third-order valence-corrected chi connectivity index (χ3v) is 5.87. The van der Waals surface area contributed by atoms with Crippen LogP contribution in [0.2, 0.25) is 0 Å². The van der Waals surface area contributed by atoms with Crippen molar-refractivity contribution < 1.29 is 4.79 Å². The number of carbonyl (C=O) groups excluding carboxylic acids is 1. The minimum Gasteiger partial charge on any atom is -0.314 e. The van der Waals surface area contributed by atoms with Crippen molar-refractivity contribution in [1.29, 1.82) is 0 Å². The van der Waals surface area contributed by atoms with Gasteiger partial charge in [-0.15, -0.1) is 0 Å². The second kappa shape index (κ2) is 9.62. The Labute approximate surface area is 186 Å². The Morgan fingerprint density at radius 3 is 2.42 bits per heavy atom. The molecule has 1 amide bonds. The number of hydrogen-bond acceptors (Lipinski definition) is 4. The number of benzene rings is 3. The Balaban J connectivity index is 1.44. The number of nitrogens with zero attached hydrogens (tertiary/aromatic N) is 3. The first kappa shape index (κ1) is 20.9. The number of imidazole rings is 1. The minimum atomic E-state index is -0.165. The Hall–Kier alpha value is -3.38. The second-order valence-electron chi connectivity index (χ2n) is 7.45. The van der Waals surface area contributed by atoms with Crippen molar-refractivity contribution in [3.8, 4) is 0 Å². The lowest BCUT2D eigenvalue weighted by atomic mass is 10.1. The molecule has 31 heavy (non-hydrogen) atoms. The maximum atomic E-state index is 12.3. The highest BCUT2D eigenvalue weighted by molar-refractivity contribution is 7.99. The number of aromatic nitrogens is 2. The van der Waals surface area contributed by atoms with Crippen LogP contribution < -0.4 is 5.43 Å². The number of carbonyl (C=O) groups is 1. The van der Waals surface area contributed by atoms with Crippen LogP contribution in [0.1, 0.15) is 22.3 Å². The van der Waals surface area contributed by atoms with Crippen LogP contribution in [0.5, 0.6) is 0 Å². The van der Waals surface area contributed by atoms with E-state index in [1.54, 1.807) is 6.21 Å². The van der Waals surface area contributed by atoms with Gasteiger partial charge in [-0.1, -0.05) is 83.6 Å². The van der Waals surface area contributed by atoms with Gasteiger partial charge >= 0.3 is 0 Å². The summed E-state index contributed by atoms with van der Waals surface area (Å²) < 4.78 is 2.16. The Bertz CT molecular complexity index is 1210. The van der Waals surface area contributed by atoms with Gasteiger partial charge in [-0.3, -0.25) is 4.79 Å². The predicted octanol–water partition coefficient (Wildman–Crippen LogP) is 4.94. The molecule has 1 N–H and O–H groups in total. The molecule has 1 aromatic heterocycles. The molecule has 0 radical (unpaired) electrons. The summed E-state index contributed by atoms with van der Waals surface area (Å²) in [6.07, 6.45) is 1.65. The standard InChI is InChI=1S/C25H24N4OS/c1-18-7-11-20(12-8-18)15-26-28-24(30)17-31-25-27-22-5-3-4-6-23(22)29(25)16-21-13-9-19(2)10-14-21/h3-15H,16-17H2,1-2H3,(H,28,30)/b26-15-. The summed E-state index contributed by atoms with van der Waals surface area (Å²) in [5.74, 6) is 0.0740. The number of fused-ring (bicyclic) bond motifs is 1. The van der Waals surface area contributed by atoms with Gasteiger partial charge in [0.25, 0.3) is 5.91 Å². The molecule has 4 aromatic rings. The number of amides is 1. The highest BCUT2D eigenvalue weighted by atomic mass is 32.2. The molecule has 4 rings (SSSR count). The van der Waals surface area contributed by atoms with E-state index in [1.165, 1.54) is 28.5 Å². The fourth-order valence-electron chi connectivity index (χ4n) is 3.19. The van der Waals surface area contributed by atoms with Gasteiger partial charge < -0.3 is 4.57 Å². The SMILES string of the molecule is Cc1ccc(/C=N\NC(=O)CSc2nc3ccccc3n2Cc2ccc(C)cc2)cc1. The summed E-state index contributed by atoms with van der Waals surface area (Å²) in [6.45, 7) is 4.82. The summed E-state index contributed by atoms with van der Waals surface area (Å²) in [6, 6.07) is 24.5. The van der Waals surface area contributed by atoms with E-state index in [0.717, 1.165) is 21.8 Å². The lowest BCUT2D eigenvalue weighted by Gasteiger charge is -2.09. The van der Waals surface area contributed by atoms with E-state index in [0.29, 0.717) is 6.54 Å². The Kier molecular flexibility index (Phi) is 6.48. The molecule has 0 atom stereocenters. The number of aryl methyl sites for hydroxylation is 2. The zero-order chi connectivity index (χ0) is 21.6. The zero-order valence-electron chi connectivity index (χ0n) is 17.6. The van der Waals surface area contributed by atoms with Crippen molar-refractivity contribution in [1.82, 2.24) is 15.0 Å². The van der Waals surface area contributed by atoms with Gasteiger partial charge in [0.1, 0.15) is 0 Å². The van der Waals surface area contributed by atoms with E-state index in [2.05, 4.69) is 52.3 Å². The monoisotopic (exact) mass is 428 g/mol. The van der Waals surface area contributed by atoms with E-state index in [1.807, 2.05) is 49.4 Å². The summed E-state index contributed by atoms with van der Waals surface area (Å²) in [7, 11) is 0. The van der Waals surface area contributed by atoms with Crippen molar-refractivity contribution >= 4 is 34.9 Å². The predicted molar refractivity (Wildman–Crippen MR) is 128 cm³/mol. The largest absolute Gasteiger partial charge is 0.314 e. The molecule has 0 unspecified atom stereocenters. The lowest BCUT2D eigenvalue weighted by molar-refractivity contribution is -0.118. The van der Waals surface area contributed by atoms with Gasteiger partial charge in [0.05, 0.1) is 29.5 Å². The zero-order valence-corrected chi connectivity index (χ0v) is 18.4. The van der Waals surface area contributed by atoms with Gasteiger partial charge in [-0.2, -0.15) is 5.10 Å². The van der Waals surface area contributed by atoms with Gasteiger partial charge in [-0.05, 0) is 37.1 Å². The molecular weight excluding hydrogens is 404 g/mol. The number of para-hydroxylation sites is 2. The molecule has 0 bridgehead atoms. The summed E-state index contributed by atoms with van der Waals surface area (Å²) >= 11 is 1.42. The number of hydrazone groups is 1. The van der Waals surface area contributed by atoms with Crippen molar-refractivity contribution in [3.05, 3.63) is 95.1 Å². The second-order valence-corrected chi connectivity index (χ2v) is 8.39. The smallest absolute Gasteiger partial charge is 0.250 e. The van der Waals surface area contributed by atoms with Crippen molar-refractivity contribution in [2.75, 3.05) is 5.75 Å². The van der Waals surface area contributed by atoms with E-state index < -0.39 is 0 Å². The van der Waals surface area contributed by atoms with Gasteiger partial charge in [0, 0.05) is 0 Å². The maximum Gasteiger partial charge on any atom is 0.250 e. The third kappa shape index (κ3) is 5.41. The van der Waals surface area contributed by atoms with Crippen LogP contribution in [0.15, 0.2) is 83.1 Å². The summed E-state index contributed by atoms with van der Waals surface area (Å²) in [5, 5.41) is 4.88. The van der Waals surface area contributed by atoms with Crippen LogP contribution in [0.25, 0.3) is 11.0 Å². The van der Waals surface area contributed by atoms with E-state index >= 15 is 0 Å². The van der Waals surface area contributed by atoms with Crippen LogP contribution in [0.4, 0.5) is 0 Å². The third-order valence-electron chi connectivity index (χ3n) is 4.89. The normalized spacial score (nSPS) is 11.3. The minimum absolute atomic E-state index is 0.165. The molecule has 0 aliphatic carbocycles. The number of thioether (sulfide) groups is 1. The van der Waals surface area contributed by atoms with Crippen molar-refractivity contribution in [3.63, 3.8) is 0 Å². The van der Waals surface area contributed by atoms with Gasteiger partial charge in [-0.25, -0.2) is 10.4 Å². The molecule has 0 saturated heterocycles. The molecule has 0 aliphatic heterocycles. The van der Waals surface area contributed by atoms with E-state index in [-0.39, 0.29) is 11.7 Å². The number of hydrogen-bond donors (Lipinski definition) is 1. The molecule has 5 nitrogen and oxygen atoms in total. The molecule has 0 saturated carbocycles. The van der Waals surface area contributed by atoms with Crippen LogP contribution in [-0.4, -0.2) is 27.4 Å². The Morgan fingerprint density at radius 2 is 1.68 bits per heavy atom. The van der Waals surface area contributed by atoms with Gasteiger partial charge in [0.2, 0.25) is 0 Å². The van der Waals surface area contributed by atoms with Crippen molar-refractivity contribution in [2.24, 2.45) is 5.10 Å². The maximum absolute atomic E-state index is 12.3. The number of rotatable bonds is 7. The van der Waals surface area contributed by atoms with E-state index in [9.17, 15) is 4.79 Å². The summed E-state index contributed by atoms with van der Waals surface area (Å²) in [4.78, 5) is 17.0. The number of nitrogens with one attached hydrogen (secondary N) is 1. The first-order chi connectivity index (χ1) is 15.1. The molecule has 156 valence electrons. The molecule has 0 spiro atoms. The highest BCUT2D eigenvalue weighted by Crippen LogP contribution is 2.25. The Morgan fingerprint density at radius 1 is 1.00 bits per heavy atom. The molecular formula is C25H24N4OS. The van der Waals surface area contributed by atoms with Crippen LogP contribution in [-0.2, 0) is 11.3 Å². The highest BCUT2D eigenvalue weighted by Gasteiger charge is 2.13. The van der Waals surface area contributed by atoms with Crippen LogP contribution >= 0.6 is 11.8 Å². The van der Waals surface area contributed by atoms with Crippen molar-refractivity contribution in [2.45, 2.75) is 25.5 Å². The quantitative estimate of drug-likeness (QED) is 0.258. The fraction of sp³-hybridized carbons (Fsp3) is 0.160. The first-order valence-electron chi connectivity index (χ1n) is 10.1. The van der Waals surface area contributed by atoms with E-state index in [4.69, 9.17) is 4.98 Å². The molecule has 0 aliphatic rings. The molecule has 0 fully saturated rings. The van der Waals surface area contributed by atoms with Gasteiger partial charge in [0.15, 0.2) is 5.16 Å². The first-order valence-corrected chi connectivity index (χ1v) is 11.1. The average Bonchev–Trinajstić information content (AvgIpc) is 3.12. The van der Waals surface area contributed by atoms with Crippen LogP contribution in [0, 0.1) is 13.8 Å². The summed E-state index contributed by atoms with van der Waals surface area (Å²) in [5.41, 5.74) is 9.14. The molecule has 1 heterocycles. The fourth-order valence-corrected chi connectivity index (χ4v) is 3.99. The molecule has 6 heteroatoms. The topological polar surface area (TPSA) is 59.3 Å². The van der Waals surface area contributed by atoms with Crippen LogP contribution in [0.3, 0.4) is 0 Å².